The number of phenols is 1. The van der Waals surface area contributed by atoms with Gasteiger partial charge in [-0.2, -0.15) is 0 Å². The molecule has 2 N–H and O–H groups in total. The molecule has 0 fully saturated rings. The SMILES string of the molecule is COCCOc1cc(O)c(C=O)c2oc(=O)c(CCC(=O)NCCN(C)C)c(C)c12. The van der Waals surface area contributed by atoms with Gasteiger partial charge in [-0.1, -0.05) is 0 Å². The normalized spacial score (nSPS) is 11.1. The van der Waals surface area contributed by atoms with Gasteiger partial charge in [-0.25, -0.2) is 4.79 Å². The van der Waals surface area contributed by atoms with Gasteiger partial charge in [0, 0.05) is 38.2 Å². The summed E-state index contributed by atoms with van der Waals surface area (Å²) in [5.41, 5.74) is 0.0382. The molecule has 0 aliphatic heterocycles. The predicted molar refractivity (Wildman–Crippen MR) is 112 cm³/mol. The van der Waals surface area contributed by atoms with Crippen LogP contribution in [0.1, 0.15) is 27.9 Å². The number of carbonyl (C=O) groups excluding carboxylic acids is 2. The Bertz CT molecular complexity index is 966. The summed E-state index contributed by atoms with van der Waals surface area (Å²) >= 11 is 0. The molecule has 0 saturated heterocycles. The number of rotatable bonds is 11. The molecule has 0 spiro atoms. The van der Waals surface area contributed by atoms with E-state index in [1.165, 1.54) is 13.2 Å². The Kier molecular flexibility index (Phi) is 8.37. The molecule has 0 bridgehead atoms. The number of nitrogens with one attached hydrogen (secondary N) is 1. The summed E-state index contributed by atoms with van der Waals surface area (Å²) in [6.07, 6.45) is 0.715. The maximum atomic E-state index is 12.6. The maximum Gasteiger partial charge on any atom is 0.339 e. The molecule has 0 saturated carbocycles. The topological polar surface area (TPSA) is 118 Å². The number of hydrogen-bond donors (Lipinski definition) is 2. The number of hydrogen-bond acceptors (Lipinski definition) is 8. The molecule has 164 valence electrons. The van der Waals surface area contributed by atoms with E-state index in [4.69, 9.17) is 13.9 Å². The fourth-order valence-corrected chi connectivity index (χ4v) is 3.05. The monoisotopic (exact) mass is 420 g/mol. The zero-order chi connectivity index (χ0) is 22.3. The van der Waals surface area contributed by atoms with Crippen molar-refractivity contribution in [1.82, 2.24) is 10.2 Å². The van der Waals surface area contributed by atoms with E-state index in [9.17, 15) is 19.5 Å². The number of nitrogens with zero attached hydrogens (tertiary/aromatic N) is 1. The number of likely N-dealkylation sites (N-methyl/N-ethyl adjacent to an activating group) is 1. The molecule has 9 nitrogen and oxygen atoms in total. The number of benzene rings is 1. The molecule has 0 radical (unpaired) electrons. The summed E-state index contributed by atoms with van der Waals surface area (Å²) in [5, 5.41) is 13.3. The van der Waals surface area contributed by atoms with Gasteiger partial charge in [0.05, 0.1) is 17.6 Å². The summed E-state index contributed by atoms with van der Waals surface area (Å²) in [6.45, 7) is 3.44. The number of methoxy groups -OCH3 is 1. The smallest absolute Gasteiger partial charge is 0.339 e. The summed E-state index contributed by atoms with van der Waals surface area (Å²) < 4.78 is 16.0. The van der Waals surface area contributed by atoms with E-state index in [1.54, 1.807) is 6.92 Å². The molecular formula is C21H28N2O7. The summed E-state index contributed by atoms with van der Waals surface area (Å²) in [6, 6.07) is 1.31. The van der Waals surface area contributed by atoms with Crippen LogP contribution in [0.25, 0.3) is 11.0 Å². The molecule has 1 heterocycles. The Morgan fingerprint density at radius 1 is 1.33 bits per heavy atom. The first-order valence-electron chi connectivity index (χ1n) is 9.60. The minimum atomic E-state index is -0.655. The molecule has 2 aromatic rings. The fraction of sp³-hybridized carbons (Fsp3) is 0.476. The van der Waals surface area contributed by atoms with Gasteiger partial charge in [-0.3, -0.25) is 9.59 Å². The number of carbonyl (C=O) groups is 2. The largest absolute Gasteiger partial charge is 0.507 e. The number of fused-ring (bicyclic) bond motifs is 1. The van der Waals surface area contributed by atoms with Gasteiger partial charge in [0.25, 0.3) is 0 Å². The quantitative estimate of drug-likeness (QED) is 0.317. The first-order chi connectivity index (χ1) is 14.3. The molecule has 0 aliphatic rings. The Morgan fingerprint density at radius 2 is 2.07 bits per heavy atom. The van der Waals surface area contributed by atoms with Gasteiger partial charge in [0.1, 0.15) is 18.1 Å². The molecule has 0 aliphatic carbocycles. The predicted octanol–water partition coefficient (Wildman–Crippen LogP) is 1.26. The van der Waals surface area contributed by atoms with E-state index in [0.29, 0.717) is 42.5 Å². The minimum Gasteiger partial charge on any atom is -0.507 e. The zero-order valence-corrected chi connectivity index (χ0v) is 17.7. The van der Waals surface area contributed by atoms with E-state index in [2.05, 4.69) is 5.32 Å². The van der Waals surface area contributed by atoms with E-state index in [-0.39, 0.29) is 48.0 Å². The van der Waals surface area contributed by atoms with Crippen molar-refractivity contribution >= 4 is 23.2 Å². The van der Waals surface area contributed by atoms with Gasteiger partial charge in [-0.15, -0.1) is 0 Å². The van der Waals surface area contributed by atoms with Crippen LogP contribution in [0.5, 0.6) is 11.5 Å². The van der Waals surface area contributed by atoms with Crippen molar-refractivity contribution < 1.29 is 28.6 Å². The fourth-order valence-electron chi connectivity index (χ4n) is 3.05. The lowest BCUT2D eigenvalue weighted by Gasteiger charge is -2.15. The van der Waals surface area contributed by atoms with Crippen molar-refractivity contribution in [2.75, 3.05) is 47.5 Å². The average molecular weight is 420 g/mol. The van der Waals surface area contributed by atoms with E-state index in [0.717, 1.165) is 0 Å². The second-order valence-corrected chi connectivity index (χ2v) is 7.12. The van der Waals surface area contributed by atoms with Crippen molar-refractivity contribution in [3.63, 3.8) is 0 Å². The second-order valence-electron chi connectivity index (χ2n) is 7.12. The van der Waals surface area contributed by atoms with Crippen LogP contribution in [0, 0.1) is 6.92 Å². The number of amides is 1. The molecule has 1 aromatic heterocycles. The van der Waals surface area contributed by atoms with Gasteiger partial charge in [0.2, 0.25) is 5.91 Å². The first-order valence-corrected chi connectivity index (χ1v) is 9.60. The van der Waals surface area contributed by atoms with Crippen LogP contribution in [0.3, 0.4) is 0 Å². The summed E-state index contributed by atoms with van der Waals surface area (Å²) in [5.74, 6) is -0.254. The van der Waals surface area contributed by atoms with Crippen LogP contribution in [0.2, 0.25) is 0 Å². The lowest BCUT2D eigenvalue weighted by atomic mass is 9.99. The third kappa shape index (κ3) is 5.58. The van der Waals surface area contributed by atoms with Crippen LogP contribution in [0.15, 0.2) is 15.3 Å². The number of aldehydes is 1. The second kappa shape index (κ2) is 10.7. The zero-order valence-electron chi connectivity index (χ0n) is 17.7. The van der Waals surface area contributed by atoms with E-state index < -0.39 is 5.63 Å². The average Bonchev–Trinajstić information content (AvgIpc) is 2.67. The number of ether oxygens (including phenoxy) is 2. The van der Waals surface area contributed by atoms with Crippen molar-refractivity contribution in [2.24, 2.45) is 0 Å². The number of aryl methyl sites for hydroxylation is 1. The lowest BCUT2D eigenvalue weighted by molar-refractivity contribution is -0.121. The van der Waals surface area contributed by atoms with Crippen LogP contribution in [-0.4, -0.2) is 69.7 Å². The van der Waals surface area contributed by atoms with Crippen molar-refractivity contribution in [1.29, 1.82) is 0 Å². The van der Waals surface area contributed by atoms with Crippen LogP contribution in [-0.2, 0) is 16.0 Å². The molecular weight excluding hydrogens is 392 g/mol. The Labute approximate surface area is 174 Å². The number of phenolic OH excluding ortho intramolecular Hbond substituents is 1. The van der Waals surface area contributed by atoms with Gasteiger partial charge in [-0.05, 0) is 33.0 Å². The molecule has 9 heteroatoms. The highest BCUT2D eigenvalue weighted by molar-refractivity contribution is 6.01. The van der Waals surface area contributed by atoms with Gasteiger partial charge >= 0.3 is 5.63 Å². The first kappa shape index (κ1) is 23.4. The van der Waals surface area contributed by atoms with E-state index >= 15 is 0 Å². The third-order valence-corrected chi connectivity index (χ3v) is 4.68. The molecule has 1 aromatic carbocycles. The highest BCUT2D eigenvalue weighted by Crippen LogP contribution is 2.36. The standard InChI is InChI=1S/C21H28N2O7/c1-13-14(5-6-18(26)22-7-8-23(2)3)21(27)30-20-15(12-24)16(25)11-17(19(13)20)29-10-9-28-4/h11-12,25H,5-10H2,1-4H3,(H,22,26). The van der Waals surface area contributed by atoms with Crippen molar-refractivity contribution in [2.45, 2.75) is 19.8 Å². The molecule has 30 heavy (non-hydrogen) atoms. The minimum absolute atomic E-state index is 0.0425. The highest BCUT2D eigenvalue weighted by atomic mass is 16.5. The third-order valence-electron chi connectivity index (χ3n) is 4.68. The van der Waals surface area contributed by atoms with Crippen molar-refractivity contribution in [3.8, 4) is 11.5 Å². The van der Waals surface area contributed by atoms with Gasteiger partial charge < -0.3 is 29.2 Å². The van der Waals surface area contributed by atoms with Crippen LogP contribution < -0.4 is 15.7 Å². The number of aromatic hydroxyl groups is 1. The molecule has 0 unspecified atom stereocenters. The molecule has 2 rings (SSSR count). The molecule has 1 amide bonds. The lowest BCUT2D eigenvalue weighted by Crippen LogP contribution is -2.31. The van der Waals surface area contributed by atoms with E-state index in [1.807, 2.05) is 19.0 Å². The van der Waals surface area contributed by atoms with Crippen molar-refractivity contribution in [3.05, 3.63) is 33.2 Å². The van der Waals surface area contributed by atoms with Crippen LogP contribution in [0.4, 0.5) is 0 Å². The Morgan fingerprint density at radius 3 is 2.70 bits per heavy atom. The maximum absolute atomic E-state index is 12.6. The van der Waals surface area contributed by atoms with Crippen LogP contribution >= 0.6 is 0 Å². The Balaban J connectivity index is 2.38. The van der Waals surface area contributed by atoms with Gasteiger partial charge in [0.15, 0.2) is 11.9 Å². The molecule has 0 atom stereocenters. The Hall–Kier alpha value is -2.91. The summed E-state index contributed by atoms with van der Waals surface area (Å²) in [7, 11) is 5.35. The summed E-state index contributed by atoms with van der Waals surface area (Å²) in [4.78, 5) is 38.0. The highest BCUT2D eigenvalue weighted by Gasteiger charge is 2.21.